The van der Waals surface area contributed by atoms with Crippen LogP contribution in [0.15, 0.2) is 18.5 Å². The summed E-state index contributed by atoms with van der Waals surface area (Å²) in [6.45, 7) is 1.85. The van der Waals surface area contributed by atoms with Crippen LogP contribution >= 0.6 is 22.6 Å². The monoisotopic (exact) mass is 276 g/mol. The molecule has 0 spiro atoms. The lowest BCUT2D eigenvalue weighted by molar-refractivity contribution is 0.625. The molecule has 0 atom stereocenters. The molecule has 0 radical (unpaired) electrons. The lowest BCUT2D eigenvalue weighted by Crippen LogP contribution is -1.91. The molecule has 2 heterocycles. The first kappa shape index (κ1) is 7.97. The number of pyridine rings is 1. The van der Waals surface area contributed by atoms with Crippen molar-refractivity contribution in [1.29, 1.82) is 0 Å². The molecule has 0 fully saturated rings. The second-order valence-electron chi connectivity index (χ2n) is 2.54. The molecule has 0 saturated heterocycles. The van der Waals surface area contributed by atoms with Gasteiger partial charge in [-0.3, -0.25) is 0 Å². The smallest absolute Gasteiger partial charge is 0.162 e. The number of aromatic nitrogens is 2. The largest absolute Gasteiger partial charge is 0.301 e. The van der Waals surface area contributed by atoms with E-state index >= 15 is 0 Å². The number of rotatable bonds is 0. The lowest BCUT2D eigenvalue weighted by atomic mass is 10.4. The highest BCUT2D eigenvalue weighted by Gasteiger charge is 2.06. The van der Waals surface area contributed by atoms with Gasteiger partial charge >= 0.3 is 0 Å². The van der Waals surface area contributed by atoms with E-state index in [4.69, 9.17) is 0 Å². The van der Waals surface area contributed by atoms with Gasteiger partial charge in [0.2, 0.25) is 0 Å². The summed E-state index contributed by atoms with van der Waals surface area (Å²) in [5.41, 5.74) is 0.541. The van der Waals surface area contributed by atoms with Crippen LogP contribution in [0, 0.1) is 16.3 Å². The van der Waals surface area contributed by atoms with E-state index in [2.05, 4.69) is 4.98 Å². The Hall–Kier alpha value is -0.650. The maximum absolute atomic E-state index is 13.3. The predicted octanol–water partition coefficient (Wildman–Crippen LogP) is 2.39. The van der Waals surface area contributed by atoms with E-state index in [1.165, 1.54) is 0 Å². The zero-order valence-electron chi connectivity index (χ0n) is 6.38. The first-order chi connectivity index (χ1) is 5.70. The van der Waals surface area contributed by atoms with E-state index in [9.17, 15) is 4.39 Å². The van der Waals surface area contributed by atoms with Crippen molar-refractivity contribution in [3.05, 3.63) is 33.7 Å². The van der Waals surface area contributed by atoms with Crippen LogP contribution < -0.4 is 0 Å². The maximum Gasteiger partial charge on any atom is 0.162 e. The third-order valence-corrected chi connectivity index (χ3v) is 2.62. The molecule has 4 heteroatoms. The molecule has 0 aliphatic heterocycles. The summed E-state index contributed by atoms with van der Waals surface area (Å²) >= 11 is 1.97. The van der Waals surface area contributed by atoms with Gasteiger partial charge in [0.05, 0.1) is 9.77 Å². The van der Waals surface area contributed by atoms with Gasteiger partial charge in [-0.1, -0.05) is 0 Å². The quantitative estimate of drug-likeness (QED) is 0.675. The van der Waals surface area contributed by atoms with Crippen molar-refractivity contribution in [2.45, 2.75) is 6.92 Å². The SMILES string of the molecule is Cc1ncc2c(F)c(I)ccn12. The minimum Gasteiger partial charge on any atom is -0.301 e. The molecule has 62 valence electrons. The Labute approximate surface area is 82.6 Å². The average Bonchev–Trinajstić information content (AvgIpc) is 2.41. The summed E-state index contributed by atoms with van der Waals surface area (Å²) in [5.74, 6) is 0.610. The third kappa shape index (κ3) is 1.01. The van der Waals surface area contributed by atoms with Crippen molar-refractivity contribution in [2.24, 2.45) is 0 Å². The summed E-state index contributed by atoms with van der Waals surface area (Å²) in [4.78, 5) is 4.02. The zero-order valence-corrected chi connectivity index (χ0v) is 8.54. The molecule has 0 amide bonds. The van der Waals surface area contributed by atoms with Crippen LogP contribution in [-0.4, -0.2) is 9.38 Å². The molecule has 2 rings (SSSR count). The molecular formula is C8H6FIN2. The molecule has 2 aromatic heterocycles. The molecule has 0 bridgehead atoms. The van der Waals surface area contributed by atoms with Gasteiger partial charge in [-0.15, -0.1) is 0 Å². The predicted molar refractivity (Wildman–Crippen MR) is 52.6 cm³/mol. The number of aryl methyl sites for hydroxylation is 1. The zero-order chi connectivity index (χ0) is 8.72. The molecule has 12 heavy (non-hydrogen) atoms. The first-order valence-corrected chi connectivity index (χ1v) is 4.55. The summed E-state index contributed by atoms with van der Waals surface area (Å²) < 4.78 is 15.7. The Balaban J connectivity index is 2.93. The number of imidazole rings is 1. The van der Waals surface area contributed by atoms with E-state index in [1.807, 2.05) is 35.7 Å². The number of nitrogens with zero attached hydrogens (tertiary/aromatic N) is 2. The Morgan fingerprint density at radius 2 is 2.33 bits per heavy atom. The minimum atomic E-state index is -0.196. The highest BCUT2D eigenvalue weighted by molar-refractivity contribution is 14.1. The second-order valence-corrected chi connectivity index (χ2v) is 3.70. The molecule has 2 aromatic rings. The van der Waals surface area contributed by atoms with E-state index in [0.717, 1.165) is 5.82 Å². The Bertz CT molecular complexity index is 436. The van der Waals surface area contributed by atoms with Crippen LogP contribution in [0.4, 0.5) is 4.39 Å². The number of hydrogen-bond donors (Lipinski definition) is 0. The number of hydrogen-bond acceptors (Lipinski definition) is 1. The van der Waals surface area contributed by atoms with Crippen molar-refractivity contribution in [3.63, 3.8) is 0 Å². The maximum atomic E-state index is 13.3. The van der Waals surface area contributed by atoms with Crippen LogP contribution in [0.3, 0.4) is 0 Å². The highest BCUT2D eigenvalue weighted by Crippen LogP contribution is 2.16. The molecular weight excluding hydrogens is 270 g/mol. The number of fused-ring (bicyclic) bond motifs is 1. The van der Waals surface area contributed by atoms with Gasteiger partial charge < -0.3 is 4.40 Å². The Kier molecular flexibility index (Phi) is 1.79. The van der Waals surface area contributed by atoms with E-state index in [1.54, 1.807) is 16.7 Å². The normalized spacial score (nSPS) is 10.9. The van der Waals surface area contributed by atoms with E-state index < -0.39 is 0 Å². The average molecular weight is 276 g/mol. The summed E-state index contributed by atoms with van der Waals surface area (Å²) in [6, 6.07) is 1.73. The fourth-order valence-corrected chi connectivity index (χ4v) is 1.58. The standard InChI is InChI=1S/C8H6FIN2/c1-5-11-4-7-8(9)6(10)2-3-12(5)7/h2-4H,1H3. The molecule has 0 unspecified atom stereocenters. The van der Waals surface area contributed by atoms with Crippen molar-refractivity contribution >= 4 is 28.1 Å². The minimum absolute atomic E-state index is 0.196. The fourth-order valence-electron chi connectivity index (χ4n) is 1.14. The van der Waals surface area contributed by atoms with Crippen LogP contribution in [-0.2, 0) is 0 Å². The van der Waals surface area contributed by atoms with Crippen LogP contribution in [0.2, 0.25) is 0 Å². The summed E-state index contributed by atoms with van der Waals surface area (Å²) in [7, 11) is 0. The second kappa shape index (κ2) is 2.69. The Morgan fingerprint density at radius 3 is 3.08 bits per heavy atom. The van der Waals surface area contributed by atoms with Gasteiger partial charge in [-0.25, -0.2) is 9.37 Å². The molecule has 0 aromatic carbocycles. The van der Waals surface area contributed by atoms with Crippen molar-refractivity contribution in [2.75, 3.05) is 0 Å². The lowest BCUT2D eigenvalue weighted by Gasteiger charge is -1.98. The van der Waals surface area contributed by atoms with Crippen molar-refractivity contribution < 1.29 is 4.39 Å². The van der Waals surface area contributed by atoms with E-state index in [-0.39, 0.29) is 5.82 Å². The number of halogens is 2. The topological polar surface area (TPSA) is 17.3 Å². The van der Waals surface area contributed by atoms with Crippen LogP contribution in [0.1, 0.15) is 5.82 Å². The summed E-state index contributed by atoms with van der Waals surface area (Å²) in [5, 5.41) is 0. The van der Waals surface area contributed by atoms with Gasteiger partial charge in [0.25, 0.3) is 0 Å². The first-order valence-electron chi connectivity index (χ1n) is 3.48. The Morgan fingerprint density at radius 1 is 1.58 bits per heavy atom. The van der Waals surface area contributed by atoms with Gasteiger partial charge in [-0.2, -0.15) is 0 Å². The molecule has 0 N–H and O–H groups in total. The van der Waals surface area contributed by atoms with Gasteiger partial charge in [0.15, 0.2) is 5.82 Å². The summed E-state index contributed by atoms with van der Waals surface area (Å²) in [6.07, 6.45) is 3.37. The van der Waals surface area contributed by atoms with Gasteiger partial charge in [-0.05, 0) is 35.6 Å². The fraction of sp³-hybridized carbons (Fsp3) is 0.125. The van der Waals surface area contributed by atoms with Crippen molar-refractivity contribution in [3.8, 4) is 0 Å². The molecule has 0 aliphatic rings. The molecule has 0 saturated carbocycles. The van der Waals surface area contributed by atoms with Crippen LogP contribution in [0.5, 0.6) is 0 Å². The van der Waals surface area contributed by atoms with Crippen LogP contribution in [0.25, 0.3) is 5.52 Å². The third-order valence-electron chi connectivity index (χ3n) is 1.79. The molecule has 0 aliphatic carbocycles. The van der Waals surface area contributed by atoms with Gasteiger partial charge in [0, 0.05) is 6.20 Å². The van der Waals surface area contributed by atoms with Crippen molar-refractivity contribution in [1.82, 2.24) is 9.38 Å². The highest BCUT2D eigenvalue weighted by atomic mass is 127. The molecule has 2 nitrogen and oxygen atoms in total. The van der Waals surface area contributed by atoms with E-state index in [0.29, 0.717) is 9.09 Å². The van der Waals surface area contributed by atoms with Gasteiger partial charge in [0.1, 0.15) is 11.3 Å².